The number of carbonyl (C=O) groups is 1. The highest BCUT2D eigenvalue weighted by atomic mass is 16.2. The fraction of sp³-hybridized carbons (Fsp3) is 0.714. The Morgan fingerprint density at radius 3 is 1.78 bits per heavy atom. The molecule has 0 saturated heterocycles. The van der Waals surface area contributed by atoms with Crippen LogP contribution in [0.15, 0.2) is 0 Å². The summed E-state index contributed by atoms with van der Waals surface area (Å²) in [7, 11) is 3.46. The summed E-state index contributed by atoms with van der Waals surface area (Å²) in [5.74, 6) is 0.0579. The smallest absolute Gasteiger partial charge is 0.227 e. The first-order valence-corrected chi connectivity index (χ1v) is 2.93. The maximum atomic E-state index is 11.0. The van der Waals surface area contributed by atoms with Crippen LogP contribution in [0, 0.1) is 12.3 Å². The molecule has 2 heteroatoms. The number of hydrogen-bond acceptors (Lipinski definition) is 1. The predicted octanol–water partition coefficient (Wildman–Crippen LogP) is 0.935. The van der Waals surface area contributed by atoms with Gasteiger partial charge in [-0.25, -0.2) is 0 Å². The predicted molar refractivity (Wildman–Crippen MR) is 37.8 cm³/mol. The molecule has 0 aliphatic rings. The molecule has 0 spiro atoms. The van der Waals surface area contributed by atoms with E-state index < -0.39 is 5.41 Å². The van der Waals surface area contributed by atoms with Crippen molar-refractivity contribution in [3.05, 3.63) is 6.92 Å². The molecule has 0 aromatic rings. The Morgan fingerprint density at radius 2 is 1.78 bits per heavy atom. The van der Waals surface area contributed by atoms with E-state index in [4.69, 9.17) is 0 Å². The zero-order chi connectivity index (χ0) is 7.65. The van der Waals surface area contributed by atoms with Crippen LogP contribution < -0.4 is 0 Å². The van der Waals surface area contributed by atoms with Gasteiger partial charge in [-0.15, -0.1) is 0 Å². The fourth-order valence-corrected chi connectivity index (χ4v) is 0.605. The van der Waals surface area contributed by atoms with E-state index in [2.05, 4.69) is 6.92 Å². The lowest BCUT2D eigenvalue weighted by atomic mass is 9.95. The van der Waals surface area contributed by atoms with Crippen LogP contribution in [0.4, 0.5) is 0 Å². The van der Waals surface area contributed by atoms with E-state index >= 15 is 0 Å². The van der Waals surface area contributed by atoms with Gasteiger partial charge in [0.25, 0.3) is 0 Å². The standard InChI is InChI=1S/C7H14NO/c1-7(2,3)6(9)8(4)5/h1H2,2-5H3. The first-order chi connectivity index (χ1) is 3.85. The molecule has 0 saturated carbocycles. The number of rotatable bonds is 1. The van der Waals surface area contributed by atoms with Crippen LogP contribution in [0.2, 0.25) is 0 Å². The molecule has 0 aromatic carbocycles. The summed E-state index contributed by atoms with van der Waals surface area (Å²) in [6, 6.07) is 0. The summed E-state index contributed by atoms with van der Waals surface area (Å²) in [5, 5.41) is 0. The van der Waals surface area contributed by atoms with E-state index in [0.717, 1.165) is 0 Å². The van der Waals surface area contributed by atoms with Crippen molar-refractivity contribution in [2.24, 2.45) is 5.41 Å². The summed E-state index contributed by atoms with van der Waals surface area (Å²) >= 11 is 0. The molecule has 0 N–H and O–H groups in total. The molecule has 0 aliphatic heterocycles. The minimum absolute atomic E-state index is 0.0579. The fourth-order valence-electron chi connectivity index (χ4n) is 0.605. The van der Waals surface area contributed by atoms with E-state index in [1.807, 2.05) is 0 Å². The quantitative estimate of drug-likeness (QED) is 0.514. The molecule has 1 amide bonds. The van der Waals surface area contributed by atoms with Crippen molar-refractivity contribution in [2.75, 3.05) is 14.1 Å². The van der Waals surface area contributed by atoms with Crippen LogP contribution >= 0.6 is 0 Å². The Morgan fingerprint density at radius 1 is 1.44 bits per heavy atom. The third-order valence-corrected chi connectivity index (χ3v) is 0.985. The van der Waals surface area contributed by atoms with Gasteiger partial charge in [0.1, 0.15) is 0 Å². The summed E-state index contributed by atoms with van der Waals surface area (Å²) in [6.07, 6.45) is 0. The van der Waals surface area contributed by atoms with Crippen LogP contribution in [-0.4, -0.2) is 24.9 Å². The van der Waals surface area contributed by atoms with E-state index in [1.165, 1.54) is 0 Å². The van der Waals surface area contributed by atoms with Crippen LogP contribution in [-0.2, 0) is 4.79 Å². The van der Waals surface area contributed by atoms with Gasteiger partial charge in [0.05, 0.1) is 0 Å². The highest BCUT2D eigenvalue weighted by Crippen LogP contribution is 2.14. The molecule has 0 aliphatic carbocycles. The highest BCUT2D eigenvalue weighted by molar-refractivity contribution is 5.81. The number of carbonyl (C=O) groups excluding carboxylic acids is 1. The first-order valence-electron chi connectivity index (χ1n) is 2.93. The van der Waals surface area contributed by atoms with Crippen LogP contribution in [0.25, 0.3) is 0 Å². The Hall–Kier alpha value is -0.530. The van der Waals surface area contributed by atoms with E-state index in [0.29, 0.717) is 0 Å². The minimum atomic E-state index is -0.483. The molecule has 0 rings (SSSR count). The van der Waals surface area contributed by atoms with Crippen LogP contribution in [0.1, 0.15) is 13.8 Å². The highest BCUT2D eigenvalue weighted by Gasteiger charge is 2.22. The molecule has 1 radical (unpaired) electrons. The van der Waals surface area contributed by atoms with Gasteiger partial charge in [-0.05, 0) is 6.92 Å². The van der Waals surface area contributed by atoms with Crippen LogP contribution in [0.3, 0.4) is 0 Å². The molecule has 2 nitrogen and oxygen atoms in total. The summed E-state index contributed by atoms with van der Waals surface area (Å²) in [4.78, 5) is 12.6. The third kappa shape index (κ3) is 2.49. The van der Waals surface area contributed by atoms with Crippen molar-refractivity contribution in [1.29, 1.82) is 0 Å². The molecule has 0 unspecified atom stereocenters. The monoisotopic (exact) mass is 128 g/mol. The summed E-state index contributed by atoms with van der Waals surface area (Å²) < 4.78 is 0. The topological polar surface area (TPSA) is 20.3 Å². The van der Waals surface area contributed by atoms with Gasteiger partial charge in [-0.3, -0.25) is 4.79 Å². The van der Waals surface area contributed by atoms with Gasteiger partial charge < -0.3 is 4.90 Å². The Labute approximate surface area is 56.9 Å². The minimum Gasteiger partial charge on any atom is -0.348 e. The average molecular weight is 128 g/mol. The van der Waals surface area contributed by atoms with Gasteiger partial charge in [-0.2, -0.15) is 0 Å². The molecular weight excluding hydrogens is 114 g/mol. The lowest BCUT2D eigenvalue weighted by molar-refractivity contribution is -0.135. The normalized spacial score (nSPS) is 11.2. The zero-order valence-electron chi connectivity index (χ0n) is 6.56. The van der Waals surface area contributed by atoms with Gasteiger partial charge in [-0.1, -0.05) is 13.8 Å². The number of nitrogens with zero attached hydrogens (tertiary/aromatic N) is 1. The zero-order valence-corrected chi connectivity index (χ0v) is 6.56. The van der Waals surface area contributed by atoms with Crippen molar-refractivity contribution >= 4 is 5.91 Å². The van der Waals surface area contributed by atoms with Crippen molar-refractivity contribution in [2.45, 2.75) is 13.8 Å². The molecule has 0 bridgehead atoms. The maximum absolute atomic E-state index is 11.0. The average Bonchev–Trinajstić information content (AvgIpc) is 1.62. The molecule has 53 valence electrons. The molecule has 9 heavy (non-hydrogen) atoms. The Balaban J connectivity index is 4.06. The van der Waals surface area contributed by atoms with Gasteiger partial charge in [0.2, 0.25) is 5.91 Å². The van der Waals surface area contributed by atoms with Crippen molar-refractivity contribution in [3.63, 3.8) is 0 Å². The Bertz CT molecular complexity index is 111. The van der Waals surface area contributed by atoms with Gasteiger partial charge >= 0.3 is 0 Å². The van der Waals surface area contributed by atoms with Gasteiger partial charge in [0.15, 0.2) is 0 Å². The second-order valence-corrected chi connectivity index (χ2v) is 3.08. The van der Waals surface area contributed by atoms with Crippen LogP contribution in [0.5, 0.6) is 0 Å². The second kappa shape index (κ2) is 2.38. The number of hydrogen-bond donors (Lipinski definition) is 0. The molecule has 0 heterocycles. The molecule has 0 atom stereocenters. The third-order valence-electron chi connectivity index (χ3n) is 0.985. The lowest BCUT2D eigenvalue weighted by Gasteiger charge is -2.21. The summed E-state index contributed by atoms with van der Waals surface area (Å²) in [5.41, 5.74) is -0.483. The lowest BCUT2D eigenvalue weighted by Crippen LogP contribution is -2.33. The van der Waals surface area contributed by atoms with E-state index in [1.54, 1.807) is 32.8 Å². The summed E-state index contributed by atoms with van der Waals surface area (Å²) in [6.45, 7) is 7.30. The van der Waals surface area contributed by atoms with Crippen molar-refractivity contribution < 1.29 is 4.79 Å². The molecular formula is C7H14NO. The molecule has 0 fully saturated rings. The maximum Gasteiger partial charge on any atom is 0.227 e. The second-order valence-electron chi connectivity index (χ2n) is 3.08. The van der Waals surface area contributed by atoms with Gasteiger partial charge in [0, 0.05) is 19.5 Å². The largest absolute Gasteiger partial charge is 0.348 e. The molecule has 0 aromatic heterocycles. The van der Waals surface area contributed by atoms with Crippen molar-refractivity contribution in [1.82, 2.24) is 4.90 Å². The van der Waals surface area contributed by atoms with Crippen molar-refractivity contribution in [3.8, 4) is 0 Å². The Kier molecular flexibility index (Phi) is 2.24. The first kappa shape index (κ1) is 8.47. The van der Waals surface area contributed by atoms with E-state index in [9.17, 15) is 4.79 Å². The van der Waals surface area contributed by atoms with E-state index in [-0.39, 0.29) is 5.91 Å². The SMILES string of the molecule is [CH2]C(C)(C)C(=O)N(C)C. The number of amides is 1.